The number of nitro benzene ring substituents is 3. The molecule has 230 valence electrons. The molecule has 0 aromatic heterocycles. The molecule has 0 spiro atoms. The second-order valence-corrected chi connectivity index (χ2v) is 11.0. The van der Waals surface area contributed by atoms with Gasteiger partial charge in [-0.05, 0) is 66.3 Å². The Labute approximate surface area is 256 Å². The predicted molar refractivity (Wildman–Crippen MR) is 164 cm³/mol. The zero-order chi connectivity index (χ0) is 31.7. The van der Waals surface area contributed by atoms with Gasteiger partial charge in [0.15, 0.2) is 0 Å². The standard InChI is InChI=1S/C31H28N6O8/c38-31(23-8-13-27(28(19-23)37(43)44)33-14-16-45-17-15-33)34-30(21-6-11-25(12-7-21)36(41)42)26-3-1-2-22(29(26)32-34)18-20-4-9-24(10-5-20)35(39)40/h4-13,18-19,26,30H,1-3,14-17H2/b22-18+/t26-,30+/m0/s1. The van der Waals surface area contributed by atoms with Gasteiger partial charge in [0.25, 0.3) is 23.0 Å². The molecule has 1 aliphatic carbocycles. The molecule has 2 atom stereocenters. The number of carbonyl (C=O) groups excluding carboxylic acids is 1. The normalized spacial score (nSPS) is 20.4. The van der Waals surface area contributed by atoms with E-state index in [4.69, 9.17) is 9.84 Å². The number of rotatable bonds is 7. The van der Waals surface area contributed by atoms with Crippen LogP contribution in [0, 0.1) is 36.3 Å². The van der Waals surface area contributed by atoms with Gasteiger partial charge in [0.1, 0.15) is 5.69 Å². The van der Waals surface area contributed by atoms with Crippen molar-refractivity contribution in [2.24, 2.45) is 11.0 Å². The summed E-state index contributed by atoms with van der Waals surface area (Å²) in [5.74, 6) is -0.775. The zero-order valence-electron chi connectivity index (χ0n) is 24.0. The molecule has 1 saturated heterocycles. The number of ether oxygens (including phenoxy) is 1. The lowest BCUT2D eigenvalue weighted by molar-refractivity contribution is -0.385. The van der Waals surface area contributed by atoms with E-state index in [1.807, 2.05) is 11.0 Å². The summed E-state index contributed by atoms with van der Waals surface area (Å²) >= 11 is 0. The summed E-state index contributed by atoms with van der Waals surface area (Å²) in [6, 6.07) is 15.9. The van der Waals surface area contributed by atoms with E-state index in [1.54, 1.807) is 36.4 Å². The van der Waals surface area contributed by atoms with Crippen LogP contribution in [0.4, 0.5) is 22.7 Å². The van der Waals surface area contributed by atoms with Crippen LogP contribution in [0.2, 0.25) is 0 Å². The van der Waals surface area contributed by atoms with Crippen molar-refractivity contribution < 1.29 is 24.3 Å². The number of nitrogens with zero attached hydrogens (tertiary/aromatic N) is 6. The molecule has 0 unspecified atom stereocenters. The van der Waals surface area contributed by atoms with Gasteiger partial charge < -0.3 is 9.64 Å². The van der Waals surface area contributed by atoms with Gasteiger partial charge in [-0.2, -0.15) is 5.10 Å². The lowest BCUT2D eigenvalue weighted by Gasteiger charge is -2.30. The number of hydrazone groups is 1. The van der Waals surface area contributed by atoms with Crippen molar-refractivity contribution in [1.29, 1.82) is 0 Å². The molecule has 14 heteroatoms. The number of hydrogen-bond acceptors (Lipinski definition) is 10. The lowest BCUT2D eigenvalue weighted by Crippen LogP contribution is -2.36. The van der Waals surface area contributed by atoms with Crippen LogP contribution in [-0.2, 0) is 4.74 Å². The number of non-ortho nitro benzene ring substituents is 2. The summed E-state index contributed by atoms with van der Waals surface area (Å²) in [5, 5.41) is 40.7. The van der Waals surface area contributed by atoms with E-state index in [2.05, 4.69) is 0 Å². The van der Waals surface area contributed by atoms with Gasteiger partial charge in [0.2, 0.25) is 0 Å². The predicted octanol–water partition coefficient (Wildman–Crippen LogP) is 5.68. The Bertz CT molecular complexity index is 1730. The van der Waals surface area contributed by atoms with Crippen molar-refractivity contribution in [3.05, 3.63) is 119 Å². The third-order valence-corrected chi connectivity index (χ3v) is 8.37. The van der Waals surface area contributed by atoms with Gasteiger partial charge in [-0.25, -0.2) is 5.01 Å². The number of morpholine rings is 1. The van der Waals surface area contributed by atoms with Crippen LogP contribution in [0.5, 0.6) is 0 Å². The maximum Gasteiger partial charge on any atom is 0.293 e. The van der Waals surface area contributed by atoms with Crippen LogP contribution in [0.1, 0.15) is 46.8 Å². The fraction of sp³-hybridized carbons (Fsp3) is 0.290. The Morgan fingerprint density at radius 1 is 0.867 bits per heavy atom. The monoisotopic (exact) mass is 612 g/mol. The average Bonchev–Trinajstić information content (AvgIpc) is 3.45. The Hall–Kier alpha value is -5.50. The fourth-order valence-corrected chi connectivity index (χ4v) is 6.19. The largest absolute Gasteiger partial charge is 0.378 e. The quantitative estimate of drug-likeness (QED) is 0.240. The Balaban J connectivity index is 1.40. The number of anilines is 1. The highest BCUT2D eigenvalue weighted by atomic mass is 16.6. The molecule has 2 fully saturated rings. The van der Waals surface area contributed by atoms with Crippen LogP contribution in [0.3, 0.4) is 0 Å². The number of carbonyl (C=O) groups is 1. The Kier molecular flexibility index (Phi) is 8.04. The van der Waals surface area contributed by atoms with Crippen molar-refractivity contribution in [1.82, 2.24) is 5.01 Å². The SMILES string of the molecule is O=C(c1ccc(N2CCOCC2)c([N+](=O)[O-])c1)N1N=C2/C(=C/c3ccc([N+](=O)[O-])cc3)CCC[C@@H]2[C@H]1c1ccc([N+](=O)[O-])cc1. The molecule has 2 heterocycles. The zero-order valence-corrected chi connectivity index (χ0v) is 24.0. The van der Waals surface area contributed by atoms with Crippen molar-refractivity contribution >= 4 is 40.4 Å². The average molecular weight is 613 g/mol. The molecule has 14 nitrogen and oxygen atoms in total. The van der Waals surface area contributed by atoms with Crippen LogP contribution >= 0.6 is 0 Å². The van der Waals surface area contributed by atoms with E-state index >= 15 is 0 Å². The summed E-state index contributed by atoms with van der Waals surface area (Å²) in [4.78, 5) is 49.1. The van der Waals surface area contributed by atoms with E-state index in [0.717, 1.165) is 17.6 Å². The highest BCUT2D eigenvalue weighted by Gasteiger charge is 2.44. The molecule has 3 aromatic carbocycles. The molecular weight excluding hydrogens is 584 g/mol. The van der Waals surface area contributed by atoms with Gasteiger partial charge in [0.05, 0.1) is 39.7 Å². The minimum absolute atomic E-state index is 0.0272. The van der Waals surface area contributed by atoms with Crippen LogP contribution in [0.25, 0.3) is 6.08 Å². The molecule has 1 saturated carbocycles. The van der Waals surface area contributed by atoms with E-state index < -0.39 is 26.7 Å². The number of benzene rings is 3. The van der Waals surface area contributed by atoms with Crippen molar-refractivity contribution in [3.63, 3.8) is 0 Å². The summed E-state index contributed by atoms with van der Waals surface area (Å²) in [7, 11) is 0. The minimum Gasteiger partial charge on any atom is -0.378 e. The van der Waals surface area contributed by atoms with Crippen LogP contribution < -0.4 is 4.90 Å². The molecule has 0 bridgehead atoms. The number of allylic oxidation sites excluding steroid dienone is 1. The molecule has 6 rings (SSSR count). The molecular formula is C31H28N6O8. The summed E-state index contributed by atoms with van der Waals surface area (Å²) in [6.45, 7) is 1.86. The van der Waals surface area contributed by atoms with Gasteiger partial charge in [-0.15, -0.1) is 0 Å². The third-order valence-electron chi connectivity index (χ3n) is 8.37. The Morgan fingerprint density at radius 3 is 2.13 bits per heavy atom. The highest BCUT2D eigenvalue weighted by Crippen LogP contribution is 2.45. The van der Waals surface area contributed by atoms with Crippen LogP contribution in [0.15, 0.2) is 77.4 Å². The minimum atomic E-state index is -0.605. The molecule has 2 aliphatic heterocycles. The van der Waals surface area contributed by atoms with Gasteiger partial charge in [-0.1, -0.05) is 12.1 Å². The molecule has 3 aromatic rings. The topological polar surface area (TPSA) is 175 Å². The van der Waals surface area contributed by atoms with Gasteiger partial charge in [0, 0.05) is 54.9 Å². The second-order valence-electron chi connectivity index (χ2n) is 11.0. The number of fused-ring (bicyclic) bond motifs is 1. The summed E-state index contributed by atoms with van der Waals surface area (Å²) in [6.07, 6.45) is 4.05. The van der Waals surface area contributed by atoms with E-state index in [1.165, 1.54) is 35.3 Å². The molecule has 0 radical (unpaired) electrons. The number of amides is 1. The maximum absolute atomic E-state index is 14.1. The number of nitro groups is 3. The highest BCUT2D eigenvalue weighted by molar-refractivity contribution is 6.09. The summed E-state index contributed by atoms with van der Waals surface area (Å²) in [5.41, 5.74) is 3.12. The van der Waals surface area contributed by atoms with Crippen molar-refractivity contribution in [3.8, 4) is 0 Å². The van der Waals surface area contributed by atoms with Gasteiger partial charge in [-0.3, -0.25) is 35.1 Å². The summed E-state index contributed by atoms with van der Waals surface area (Å²) < 4.78 is 5.38. The molecule has 3 aliphatic rings. The third kappa shape index (κ3) is 5.87. The first-order valence-corrected chi connectivity index (χ1v) is 14.4. The lowest BCUT2D eigenvalue weighted by atomic mass is 9.77. The molecule has 0 N–H and O–H groups in total. The van der Waals surface area contributed by atoms with E-state index in [-0.39, 0.29) is 28.5 Å². The first kappa shape index (κ1) is 29.6. The fourth-order valence-electron chi connectivity index (χ4n) is 6.19. The van der Waals surface area contributed by atoms with E-state index in [0.29, 0.717) is 56.1 Å². The molecule has 45 heavy (non-hydrogen) atoms. The van der Waals surface area contributed by atoms with Crippen molar-refractivity contribution in [2.45, 2.75) is 25.3 Å². The number of hydrogen-bond donors (Lipinski definition) is 0. The van der Waals surface area contributed by atoms with E-state index in [9.17, 15) is 35.1 Å². The first-order valence-electron chi connectivity index (χ1n) is 14.4. The Morgan fingerprint density at radius 2 is 1.51 bits per heavy atom. The smallest absolute Gasteiger partial charge is 0.293 e. The first-order chi connectivity index (χ1) is 21.7. The van der Waals surface area contributed by atoms with Gasteiger partial charge >= 0.3 is 0 Å². The molecule has 1 amide bonds. The second kappa shape index (κ2) is 12.2. The maximum atomic E-state index is 14.1. The van der Waals surface area contributed by atoms with Crippen LogP contribution in [-0.4, -0.2) is 57.7 Å². The van der Waals surface area contributed by atoms with Crippen molar-refractivity contribution in [2.75, 3.05) is 31.2 Å².